The first kappa shape index (κ1) is 119. The Morgan fingerprint density at radius 3 is 0.971 bits per heavy atom. The zero-order valence-electron chi connectivity index (χ0n) is 79.4. The first-order chi connectivity index (χ1) is 63.6. The molecule has 8 aromatic rings. The monoisotopic (exact) mass is 1980 g/mol. The second kappa shape index (κ2) is 55.7. The van der Waals surface area contributed by atoms with Crippen molar-refractivity contribution in [2.24, 2.45) is 11.5 Å². The average Bonchev–Trinajstić information content (AvgIpc) is 1.67. The Bertz CT molecular complexity index is 5280. The van der Waals surface area contributed by atoms with E-state index in [2.05, 4.69) is 35.0 Å². The molecule has 50 heteroatoms. The van der Waals surface area contributed by atoms with Crippen LogP contribution >= 0.6 is 0 Å². The fourth-order valence-corrected chi connectivity index (χ4v) is 12.6. The van der Waals surface area contributed by atoms with Crippen LogP contribution in [-0.4, -0.2) is 305 Å². The van der Waals surface area contributed by atoms with Gasteiger partial charge in [-0.2, -0.15) is 20.4 Å². The number of anilines is 1. The van der Waals surface area contributed by atoms with Gasteiger partial charge >= 0.3 is 112 Å². The number of nitro groups is 3. The van der Waals surface area contributed by atoms with Gasteiger partial charge in [-0.15, -0.1) is 0 Å². The van der Waals surface area contributed by atoms with Crippen LogP contribution < -0.4 is 74.0 Å². The van der Waals surface area contributed by atoms with Crippen LogP contribution in [0.25, 0.3) is 17.1 Å². The molecular weight excluding hydrogens is 1850 g/mol. The van der Waals surface area contributed by atoms with Crippen LogP contribution in [0.1, 0.15) is 162 Å². The van der Waals surface area contributed by atoms with Crippen molar-refractivity contribution in [3.8, 4) is 17.1 Å². The van der Waals surface area contributed by atoms with E-state index in [1.54, 1.807) is 98.6 Å². The number of nitrogens with zero attached hydrogens (tertiary/aromatic N) is 14. The molecule has 0 radical (unpaired) electrons. The van der Waals surface area contributed by atoms with Crippen LogP contribution in [0.15, 0.2) is 122 Å². The van der Waals surface area contributed by atoms with Gasteiger partial charge in [0.05, 0.1) is 188 Å². The van der Waals surface area contributed by atoms with Crippen molar-refractivity contribution >= 4 is 83.5 Å². The van der Waals surface area contributed by atoms with Crippen LogP contribution in [0.4, 0.5) is 41.9 Å². The molecule has 756 valence electrons. The van der Waals surface area contributed by atoms with Crippen molar-refractivity contribution in [3.63, 3.8) is 0 Å². The molecule has 4 aliphatic rings. The number of H-pyrrole nitrogens is 1. The molecule has 12 rings (SSSR count). The van der Waals surface area contributed by atoms with Gasteiger partial charge in [-0.05, 0) is 147 Å². The van der Waals surface area contributed by atoms with Gasteiger partial charge in [-0.1, -0.05) is 75.5 Å². The summed E-state index contributed by atoms with van der Waals surface area (Å²) in [5.41, 5.74) is 17.8. The summed E-state index contributed by atoms with van der Waals surface area (Å²) < 4.78 is 80.1. The van der Waals surface area contributed by atoms with Crippen molar-refractivity contribution in [2.45, 2.75) is 171 Å². The number of hydrogen-bond donors (Lipinski definition) is 6. The minimum atomic E-state index is -1.47. The summed E-state index contributed by atoms with van der Waals surface area (Å²) in [6.45, 7) is 30.0. The molecule has 9 N–H and O–H groups in total. The molecular formula is C89H126BKN18O30. The van der Waals surface area contributed by atoms with E-state index in [4.69, 9.17) is 84.1 Å². The zero-order chi connectivity index (χ0) is 99.2. The number of benzene rings is 4. The van der Waals surface area contributed by atoms with Gasteiger partial charge in [0.25, 0.3) is 11.8 Å². The molecule has 0 spiro atoms. The zero-order valence-corrected chi connectivity index (χ0v) is 82.5. The number of esters is 2. The topological polar surface area (TPSA) is 609 Å². The Hall–Kier alpha value is -12.0. The number of amides is 6. The maximum atomic E-state index is 12.3. The predicted molar refractivity (Wildman–Crippen MR) is 498 cm³/mol. The summed E-state index contributed by atoms with van der Waals surface area (Å²) in [5.74, 6) is -3.33. The minimum Gasteiger partial charge on any atom is -0.464 e. The van der Waals surface area contributed by atoms with E-state index < -0.39 is 85.1 Å². The standard InChI is InChI=1S/C22H28N4O8.C21H27N5O7.C21H29N5O5.C17H26BNO6.C5H5N3O4.2CH4.CH3.K/c1-22(2,3)34-21(28)24-9-10-33-17(11-24)14-32-13-15-5-7-16(8-6-15)25-12-18(26(29)30)19(23-25)20(27)31-4;1-21(2,3)33-20(28)24-8-9-32-16(10-24)13-31-12-14-4-6-15(7-5-14)25-11-17(26(29)30)18(23-25)19(22)27;1-21(2,3)31-20(28)25-8-9-30-16(10-25)13-29-12-14-4-6-15(7-5-14)26-11-17(22)18(24-26)19(23)27;1-17(2,3)25-16(20)19-8-9-24-15(10-19)12-23-11-13-4-6-14(7-5-13)18(21)22;1-12-5(9)4-3(8(10)11)2-6-7-4;;;;/h5-8,12,17H,9-11,13-14H2,1-4H3;4-7,11,16H,8-10,12-13H2,1-3H3,(H2,22,27);4-7,11,16H,8-10,12-13,22H2,1-3H3,(H2,23,27);4-7,15,21-22H,8-12H2,1-3H3;2H,1H3,(H,6,7);2*1H4;1H3;/q;;;;;;;-1;+1. The van der Waals surface area contributed by atoms with Crippen molar-refractivity contribution in [1.82, 2.24) is 59.1 Å². The number of carbonyl (C=O) groups is 8. The second-order valence-corrected chi connectivity index (χ2v) is 34.5. The molecule has 4 aromatic carbocycles. The van der Waals surface area contributed by atoms with E-state index in [1.807, 2.05) is 107 Å². The Kier molecular flexibility index (Phi) is 47.8. The SMILES string of the molecule is C.C.CC(C)(C)OC(=O)N1CCOC(COCc2ccc(-n3cc(N)c(C(N)=O)n3)cc2)C1.CC(C)(C)OC(=O)N1CCOC(COCc2ccc(-n3cc([N+](=O)[O-])c(C(N)=O)n3)cc2)C1.CC(C)(C)OC(=O)N1CCOC(COCc2ccc(B(O)O)cc2)C1.COC(=O)c1[nH]ncc1[N+](=O)[O-].COC(=O)c1nn(-c2ccc(COCC3CN(C(=O)OC(C)(C)C)CCO3)cc2)cc1[N+](=O)[O-].[CH3-].[K+]. The number of nitrogens with one attached hydrogen (secondary N) is 1. The summed E-state index contributed by atoms with van der Waals surface area (Å²) in [4.78, 5) is 131. The maximum Gasteiger partial charge on any atom is 1.00 e. The van der Waals surface area contributed by atoms with Crippen LogP contribution in [-0.2, 0) is 92.7 Å². The van der Waals surface area contributed by atoms with Crippen LogP contribution in [0.2, 0.25) is 0 Å². The largest absolute Gasteiger partial charge is 1.00 e. The summed E-state index contributed by atoms with van der Waals surface area (Å²) in [6.07, 6.45) is 2.46. The van der Waals surface area contributed by atoms with Crippen molar-refractivity contribution in [1.29, 1.82) is 0 Å². The predicted octanol–water partition coefficient (Wildman–Crippen LogP) is 5.81. The number of aromatic nitrogens is 8. The normalized spacial score (nSPS) is 15.7. The van der Waals surface area contributed by atoms with Crippen LogP contribution in [0.5, 0.6) is 0 Å². The number of rotatable bonds is 27. The Balaban J connectivity index is 0.000000370. The van der Waals surface area contributed by atoms with Crippen molar-refractivity contribution in [2.75, 3.05) is 125 Å². The molecule has 6 amide bonds. The van der Waals surface area contributed by atoms with Crippen LogP contribution in [0.3, 0.4) is 0 Å². The Morgan fingerprint density at radius 2 is 0.712 bits per heavy atom. The summed E-state index contributed by atoms with van der Waals surface area (Å²) >= 11 is 0. The van der Waals surface area contributed by atoms with E-state index in [0.29, 0.717) is 148 Å². The van der Waals surface area contributed by atoms with Gasteiger partial charge < -0.3 is 121 Å². The fourth-order valence-electron chi connectivity index (χ4n) is 12.6. The van der Waals surface area contributed by atoms with Gasteiger partial charge in [0, 0.05) is 26.2 Å². The van der Waals surface area contributed by atoms with Gasteiger partial charge in [0.15, 0.2) is 5.69 Å². The quantitative estimate of drug-likeness (QED) is 0.00883. The number of nitrogens with two attached hydrogens (primary N) is 3. The maximum absolute atomic E-state index is 12.3. The first-order valence-electron chi connectivity index (χ1n) is 42.3. The van der Waals surface area contributed by atoms with E-state index in [1.165, 1.54) is 14.0 Å². The molecule has 4 unspecified atom stereocenters. The third kappa shape index (κ3) is 39.3. The molecule has 4 fully saturated rings. The molecule has 48 nitrogen and oxygen atoms in total. The molecule has 4 aliphatic heterocycles. The molecule has 0 bridgehead atoms. The molecule has 0 aliphatic carbocycles. The third-order valence-corrected chi connectivity index (χ3v) is 18.9. The number of morpholine rings is 4. The Labute approximate surface area is 847 Å². The third-order valence-electron chi connectivity index (χ3n) is 18.9. The first-order valence-corrected chi connectivity index (χ1v) is 42.3. The molecule has 139 heavy (non-hydrogen) atoms. The van der Waals surface area contributed by atoms with E-state index in [-0.39, 0.29) is 151 Å². The summed E-state index contributed by atoms with van der Waals surface area (Å²) in [5, 5.41) is 68.2. The van der Waals surface area contributed by atoms with Crippen molar-refractivity contribution < 1.29 is 181 Å². The van der Waals surface area contributed by atoms with Gasteiger partial charge in [0.2, 0.25) is 17.1 Å². The number of nitrogen functional groups attached to an aromatic ring is 1. The fraction of sp³-hybridized carbons (Fsp3) is 0.494. The molecule has 8 heterocycles. The number of aromatic amines is 1. The van der Waals surface area contributed by atoms with Crippen molar-refractivity contribution in [3.05, 3.63) is 205 Å². The smallest absolute Gasteiger partial charge is 0.464 e. The van der Waals surface area contributed by atoms with E-state index in [0.717, 1.165) is 60.8 Å². The number of ether oxygens (including phenoxy) is 14. The molecule has 0 saturated carbocycles. The van der Waals surface area contributed by atoms with Gasteiger partial charge in [-0.3, -0.25) is 45.0 Å². The van der Waals surface area contributed by atoms with Crippen LogP contribution in [0, 0.1) is 37.8 Å². The van der Waals surface area contributed by atoms with Gasteiger partial charge in [0.1, 0.15) is 41.0 Å². The van der Waals surface area contributed by atoms with E-state index >= 15 is 0 Å². The van der Waals surface area contributed by atoms with Gasteiger partial charge in [-0.25, -0.2) is 42.8 Å². The minimum absolute atomic E-state index is 0. The molecule has 4 saturated heterocycles. The number of primary amides is 2. The Morgan fingerprint density at radius 1 is 0.439 bits per heavy atom. The van der Waals surface area contributed by atoms with E-state index in [9.17, 15) is 68.7 Å². The average molecular weight is 1980 g/mol. The number of methoxy groups -OCH3 is 2. The second-order valence-electron chi connectivity index (χ2n) is 34.5. The molecule has 4 atom stereocenters. The summed E-state index contributed by atoms with van der Waals surface area (Å²) in [6, 6.07) is 28.3. The molecule has 4 aromatic heterocycles. The summed E-state index contributed by atoms with van der Waals surface area (Å²) in [7, 11) is 0.796. The number of hydrogen-bond acceptors (Lipinski definition) is 35. The number of carbonyl (C=O) groups excluding carboxylic acids is 8.